The van der Waals surface area contributed by atoms with Gasteiger partial charge in [-0.15, -0.1) is 0 Å². The summed E-state index contributed by atoms with van der Waals surface area (Å²) < 4.78 is 1.21. The van der Waals surface area contributed by atoms with E-state index in [0.717, 1.165) is 18.5 Å². The van der Waals surface area contributed by atoms with Gasteiger partial charge in [-0.2, -0.15) is 15.1 Å². The molecule has 2 aliphatic rings. The highest BCUT2D eigenvalue weighted by molar-refractivity contribution is 5.93. The summed E-state index contributed by atoms with van der Waals surface area (Å²) in [6.45, 7) is 1.62. The molecule has 1 fully saturated rings. The first-order valence-corrected chi connectivity index (χ1v) is 8.03. The van der Waals surface area contributed by atoms with E-state index in [1.807, 2.05) is 0 Å². The number of rotatable bonds is 4. The zero-order valence-electron chi connectivity index (χ0n) is 13.5. The van der Waals surface area contributed by atoms with Crippen LogP contribution in [0, 0.1) is 0 Å². The van der Waals surface area contributed by atoms with Crippen molar-refractivity contribution in [3.8, 4) is 0 Å². The minimum absolute atomic E-state index is 0.319. The first-order valence-electron chi connectivity index (χ1n) is 8.03. The van der Waals surface area contributed by atoms with E-state index < -0.39 is 12.1 Å². The van der Waals surface area contributed by atoms with Crippen LogP contribution >= 0.6 is 0 Å². The molecule has 1 aliphatic carbocycles. The lowest BCUT2D eigenvalue weighted by Crippen LogP contribution is -2.34. The van der Waals surface area contributed by atoms with Gasteiger partial charge < -0.3 is 5.32 Å². The molecule has 8 nitrogen and oxygen atoms in total. The summed E-state index contributed by atoms with van der Waals surface area (Å²) in [5, 5.41) is 7.95. The monoisotopic (exact) mass is 337 g/mol. The number of benzene rings is 1. The van der Waals surface area contributed by atoms with Gasteiger partial charge in [-0.05, 0) is 44.0 Å². The molecule has 0 radical (unpaired) electrons. The van der Waals surface area contributed by atoms with E-state index in [2.05, 4.69) is 20.4 Å². The first-order chi connectivity index (χ1) is 12.0. The number of hydrogen-bond acceptors (Lipinski definition) is 4. The van der Waals surface area contributed by atoms with E-state index in [1.54, 1.807) is 31.2 Å². The number of anilines is 1. The van der Waals surface area contributed by atoms with Crippen molar-refractivity contribution in [2.45, 2.75) is 31.7 Å². The van der Waals surface area contributed by atoms with Crippen molar-refractivity contribution in [2.75, 3.05) is 5.32 Å². The highest BCUT2D eigenvalue weighted by Crippen LogP contribution is 2.38. The van der Waals surface area contributed by atoms with Gasteiger partial charge in [-0.3, -0.25) is 9.59 Å². The number of nitrogens with one attached hydrogen (secondary N) is 1. The van der Waals surface area contributed by atoms with Gasteiger partial charge in [0.15, 0.2) is 0 Å². The lowest BCUT2D eigenvalue weighted by molar-refractivity contribution is -0.119. The maximum Gasteiger partial charge on any atom is 0.368 e. The predicted molar refractivity (Wildman–Crippen MR) is 88.0 cm³/mol. The molecule has 1 atom stereocenters. The zero-order chi connectivity index (χ0) is 17.6. The van der Waals surface area contributed by atoms with Gasteiger partial charge in [0.1, 0.15) is 6.04 Å². The van der Waals surface area contributed by atoms with Crippen LogP contribution in [-0.4, -0.2) is 21.7 Å². The first kappa shape index (κ1) is 15.4. The maximum absolute atomic E-state index is 12.5. The third-order valence-corrected chi connectivity index (χ3v) is 4.26. The van der Waals surface area contributed by atoms with Crippen LogP contribution in [0.5, 0.6) is 0 Å². The van der Waals surface area contributed by atoms with Gasteiger partial charge in [0, 0.05) is 17.7 Å². The fourth-order valence-corrected chi connectivity index (χ4v) is 2.69. The molecule has 3 amide bonds. The molecule has 0 saturated heterocycles. The maximum atomic E-state index is 12.5. The molecule has 0 bridgehead atoms. The zero-order valence-corrected chi connectivity index (χ0v) is 13.5. The van der Waals surface area contributed by atoms with Crippen LogP contribution in [-0.2, 0) is 4.79 Å². The molecule has 8 heteroatoms. The van der Waals surface area contributed by atoms with Gasteiger partial charge in [0.2, 0.25) is 5.91 Å². The number of amides is 3. The van der Waals surface area contributed by atoms with Crippen molar-refractivity contribution in [1.82, 2.24) is 9.78 Å². The largest absolute Gasteiger partial charge is 0.368 e. The molecule has 1 unspecified atom stereocenters. The predicted octanol–water partition coefficient (Wildman–Crippen LogP) is 0.693. The highest BCUT2D eigenvalue weighted by Gasteiger charge is 2.27. The average Bonchev–Trinajstić information content (AvgIpc) is 3.36. The second-order valence-corrected chi connectivity index (χ2v) is 6.19. The Morgan fingerprint density at radius 3 is 2.68 bits per heavy atom. The molecular formula is C17H15N5O3. The normalized spacial score (nSPS) is 16.6. The fraction of sp³-hybridized carbons (Fsp3) is 0.294. The number of urea groups is 1. The van der Waals surface area contributed by atoms with E-state index in [0.29, 0.717) is 22.3 Å². The number of carbonyl (C=O) groups excluding carboxylic acids is 2. The van der Waals surface area contributed by atoms with Crippen molar-refractivity contribution >= 4 is 17.6 Å². The van der Waals surface area contributed by atoms with E-state index >= 15 is 0 Å². The van der Waals surface area contributed by atoms with Crippen LogP contribution in [0.15, 0.2) is 45.1 Å². The molecule has 1 aliphatic heterocycles. The topological polar surface area (TPSA) is 106 Å². The minimum Gasteiger partial charge on any atom is -0.324 e. The van der Waals surface area contributed by atoms with Gasteiger partial charge in [0.05, 0.1) is 16.4 Å². The molecule has 0 spiro atoms. The molecule has 25 heavy (non-hydrogen) atoms. The van der Waals surface area contributed by atoms with Crippen molar-refractivity contribution in [3.05, 3.63) is 57.1 Å². The van der Waals surface area contributed by atoms with Crippen LogP contribution in [0.2, 0.25) is 0 Å². The number of aromatic nitrogens is 2. The van der Waals surface area contributed by atoms with Crippen LogP contribution in [0.1, 0.15) is 37.4 Å². The molecule has 4 rings (SSSR count). The van der Waals surface area contributed by atoms with Gasteiger partial charge in [-0.25, -0.2) is 9.48 Å². The SMILES string of the molecule is CC(C(=O)Nc1ccc2c(c1)=NC(=O)N=2)n1nc(C2CC2)ccc1=O. The number of hydrogen-bond donors (Lipinski definition) is 1. The summed E-state index contributed by atoms with van der Waals surface area (Å²) >= 11 is 0. The summed E-state index contributed by atoms with van der Waals surface area (Å²) in [6.07, 6.45) is 2.13. The molecule has 2 aromatic rings. The molecule has 1 aromatic heterocycles. The van der Waals surface area contributed by atoms with Crippen molar-refractivity contribution < 1.29 is 9.59 Å². The van der Waals surface area contributed by atoms with Crippen LogP contribution in [0.4, 0.5) is 10.5 Å². The summed E-state index contributed by atoms with van der Waals surface area (Å²) in [4.78, 5) is 43.2. The second-order valence-electron chi connectivity index (χ2n) is 6.19. The van der Waals surface area contributed by atoms with E-state index in [4.69, 9.17) is 0 Å². The quantitative estimate of drug-likeness (QED) is 0.886. The number of nitrogens with zero attached hydrogens (tertiary/aromatic N) is 4. The summed E-state index contributed by atoms with van der Waals surface area (Å²) in [7, 11) is 0. The van der Waals surface area contributed by atoms with Crippen molar-refractivity contribution in [3.63, 3.8) is 0 Å². The summed E-state index contributed by atoms with van der Waals surface area (Å²) in [6, 6.07) is 6.68. The highest BCUT2D eigenvalue weighted by atomic mass is 16.2. The third-order valence-electron chi connectivity index (χ3n) is 4.26. The van der Waals surface area contributed by atoms with Gasteiger partial charge >= 0.3 is 6.03 Å². The summed E-state index contributed by atoms with van der Waals surface area (Å²) in [5.41, 5.74) is 1.01. The van der Waals surface area contributed by atoms with Crippen LogP contribution < -0.4 is 21.6 Å². The van der Waals surface area contributed by atoms with Gasteiger partial charge in [0.25, 0.3) is 5.56 Å². The Hall–Kier alpha value is -3.16. The summed E-state index contributed by atoms with van der Waals surface area (Å²) in [5.74, 6) is 0.0190. The van der Waals surface area contributed by atoms with Crippen molar-refractivity contribution in [1.29, 1.82) is 0 Å². The molecule has 1 aromatic carbocycles. The Bertz CT molecular complexity index is 1070. The molecule has 126 valence electrons. The van der Waals surface area contributed by atoms with E-state index in [-0.39, 0.29) is 11.5 Å². The smallest absolute Gasteiger partial charge is 0.324 e. The molecular weight excluding hydrogens is 322 g/mol. The number of carbonyl (C=O) groups is 2. The lowest BCUT2D eigenvalue weighted by atomic mass is 10.2. The Balaban J connectivity index is 1.58. The van der Waals surface area contributed by atoms with Crippen LogP contribution in [0.25, 0.3) is 0 Å². The number of fused-ring (bicyclic) bond motifs is 1. The Labute approximate surface area is 141 Å². The average molecular weight is 337 g/mol. The Kier molecular flexibility index (Phi) is 3.52. The van der Waals surface area contributed by atoms with Gasteiger partial charge in [-0.1, -0.05) is 0 Å². The second kappa shape index (κ2) is 5.73. The third kappa shape index (κ3) is 2.98. The Morgan fingerprint density at radius 1 is 1.16 bits per heavy atom. The standard InChI is InChI=1S/C17H15N5O3/c1-9(22-15(23)7-6-12(21-22)10-2-3-10)16(24)18-11-4-5-13-14(8-11)20-17(25)19-13/h4-10H,2-3H2,1H3,(H,18,24). The molecule has 2 heterocycles. The molecule has 1 saturated carbocycles. The lowest BCUT2D eigenvalue weighted by Gasteiger charge is -2.14. The van der Waals surface area contributed by atoms with Crippen LogP contribution in [0.3, 0.4) is 0 Å². The minimum atomic E-state index is -0.761. The van der Waals surface area contributed by atoms with Crippen molar-refractivity contribution in [2.24, 2.45) is 9.98 Å². The fourth-order valence-electron chi connectivity index (χ4n) is 2.69. The Morgan fingerprint density at radius 2 is 1.92 bits per heavy atom. The molecule has 1 N–H and O–H groups in total. The van der Waals surface area contributed by atoms with E-state index in [9.17, 15) is 14.4 Å². The van der Waals surface area contributed by atoms with E-state index in [1.165, 1.54) is 10.7 Å².